The lowest BCUT2D eigenvalue weighted by Gasteiger charge is -2.18. The summed E-state index contributed by atoms with van der Waals surface area (Å²) in [4.78, 5) is 6.49. The SMILES string of the molecule is COC1CCN(c2ccnc(CCl)c2)C1. The number of pyridine rings is 1. The molecule has 82 valence electrons. The number of aromatic nitrogens is 1. The lowest BCUT2D eigenvalue weighted by atomic mass is 10.3. The third kappa shape index (κ3) is 2.41. The van der Waals surface area contributed by atoms with E-state index in [-0.39, 0.29) is 0 Å². The molecule has 0 bridgehead atoms. The first-order chi connectivity index (χ1) is 7.33. The van der Waals surface area contributed by atoms with Crippen LogP contribution in [0, 0.1) is 0 Å². The summed E-state index contributed by atoms with van der Waals surface area (Å²) in [5.74, 6) is 0.468. The minimum atomic E-state index is 0.359. The molecule has 1 saturated heterocycles. The smallest absolute Gasteiger partial charge is 0.0762 e. The van der Waals surface area contributed by atoms with E-state index in [1.165, 1.54) is 5.69 Å². The number of methoxy groups -OCH3 is 1. The molecule has 2 heterocycles. The Morgan fingerprint density at radius 3 is 3.20 bits per heavy atom. The van der Waals surface area contributed by atoms with Gasteiger partial charge < -0.3 is 9.64 Å². The summed E-state index contributed by atoms with van der Waals surface area (Å²) in [7, 11) is 1.77. The highest BCUT2D eigenvalue weighted by Crippen LogP contribution is 2.21. The second-order valence-corrected chi connectivity index (χ2v) is 4.00. The van der Waals surface area contributed by atoms with Gasteiger partial charge in [0.1, 0.15) is 0 Å². The van der Waals surface area contributed by atoms with E-state index in [1.807, 2.05) is 18.3 Å². The highest BCUT2D eigenvalue weighted by molar-refractivity contribution is 6.16. The van der Waals surface area contributed by atoms with Gasteiger partial charge in [-0.3, -0.25) is 4.98 Å². The maximum Gasteiger partial charge on any atom is 0.0762 e. The third-order valence-electron chi connectivity index (χ3n) is 2.78. The Balaban J connectivity index is 2.09. The summed E-state index contributed by atoms with van der Waals surface area (Å²) in [5.41, 5.74) is 2.12. The van der Waals surface area contributed by atoms with E-state index in [9.17, 15) is 0 Å². The molecular weight excluding hydrogens is 212 g/mol. The molecule has 1 unspecified atom stereocenters. The van der Waals surface area contributed by atoms with E-state index in [0.29, 0.717) is 12.0 Å². The molecule has 1 aromatic heterocycles. The molecule has 0 aliphatic carbocycles. The van der Waals surface area contributed by atoms with Crippen LogP contribution in [-0.2, 0) is 10.6 Å². The number of ether oxygens (including phenoxy) is 1. The minimum absolute atomic E-state index is 0.359. The number of anilines is 1. The van der Waals surface area contributed by atoms with Crippen molar-refractivity contribution in [2.45, 2.75) is 18.4 Å². The van der Waals surface area contributed by atoms with Crippen LogP contribution in [-0.4, -0.2) is 31.3 Å². The number of rotatable bonds is 3. The Kier molecular flexibility index (Phi) is 3.44. The van der Waals surface area contributed by atoms with Crippen molar-refractivity contribution in [2.75, 3.05) is 25.1 Å². The Hall–Kier alpha value is -0.800. The fourth-order valence-corrected chi connectivity index (χ4v) is 2.04. The fourth-order valence-electron chi connectivity index (χ4n) is 1.89. The van der Waals surface area contributed by atoms with E-state index in [4.69, 9.17) is 16.3 Å². The Bertz CT molecular complexity index is 332. The van der Waals surface area contributed by atoms with Crippen LogP contribution in [0.2, 0.25) is 0 Å². The van der Waals surface area contributed by atoms with Gasteiger partial charge >= 0.3 is 0 Å². The highest BCUT2D eigenvalue weighted by Gasteiger charge is 2.22. The molecule has 3 nitrogen and oxygen atoms in total. The summed E-state index contributed by atoms with van der Waals surface area (Å²) >= 11 is 5.76. The molecule has 0 N–H and O–H groups in total. The Morgan fingerprint density at radius 2 is 2.53 bits per heavy atom. The van der Waals surface area contributed by atoms with Crippen molar-refractivity contribution in [3.8, 4) is 0 Å². The fraction of sp³-hybridized carbons (Fsp3) is 0.545. The zero-order valence-corrected chi connectivity index (χ0v) is 9.57. The zero-order chi connectivity index (χ0) is 10.7. The van der Waals surface area contributed by atoms with Crippen LogP contribution in [0.15, 0.2) is 18.3 Å². The van der Waals surface area contributed by atoms with Gasteiger partial charge in [-0.1, -0.05) is 0 Å². The summed E-state index contributed by atoms with van der Waals surface area (Å²) in [6, 6.07) is 4.07. The number of hydrogen-bond donors (Lipinski definition) is 0. The molecule has 0 spiro atoms. The molecule has 4 heteroatoms. The van der Waals surface area contributed by atoms with E-state index < -0.39 is 0 Å². The molecule has 1 aliphatic heterocycles. The monoisotopic (exact) mass is 226 g/mol. The molecule has 15 heavy (non-hydrogen) atoms. The van der Waals surface area contributed by atoms with Gasteiger partial charge in [0.2, 0.25) is 0 Å². The first-order valence-corrected chi connectivity index (χ1v) is 5.65. The molecule has 2 rings (SSSR count). The maximum atomic E-state index is 5.76. The van der Waals surface area contributed by atoms with E-state index in [2.05, 4.69) is 9.88 Å². The molecule has 0 radical (unpaired) electrons. The van der Waals surface area contributed by atoms with Gasteiger partial charge in [-0.25, -0.2) is 0 Å². The van der Waals surface area contributed by atoms with Gasteiger partial charge in [0.15, 0.2) is 0 Å². The van der Waals surface area contributed by atoms with Crippen LogP contribution >= 0.6 is 11.6 Å². The number of hydrogen-bond acceptors (Lipinski definition) is 3. The quantitative estimate of drug-likeness (QED) is 0.738. The van der Waals surface area contributed by atoms with Crippen molar-refractivity contribution in [1.82, 2.24) is 4.98 Å². The van der Waals surface area contributed by atoms with Crippen molar-refractivity contribution >= 4 is 17.3 Å². The van der Waals surface area contributed by atoms with Gasteiger partial charge in [-0.15, -0.1) is 11.6 Å². The molecule has 1 aliphatic rings. The standard InChI is InChI=1S/C11H15ClN2O/c1-15-11-3-5-14(8-11)10-2-4-13-9(6-10)7-12/h2,4,6,11H,3,5,7-8H2,1H3. The molecule has 0 aromatic carbocycles. The summed E-state index contributed by atoms with van der Waals surface area (Å²) in [5, 5.41) is 0. The predicted molar refractivity (Wildman–Crippen MR) is 61.4 cm³/mol. The summed E-state index contributed by atoms with van der Waals surface area (Å²) in [6.07, 6.45) is 3.26. The maximum absolute atomic E-state index is 5.76. The first-order valence-electron chi connectivity index (χ1n) is 5.12. The summed E-state index contributed by atoms with van der Waals surface area (Å²) < 4.78 is 5.34. The van der Waals surface area contributed by atoms with Gasteiger partial charge in [0.25, 0.3) is 0 Å². The van der Waals surface area contributed by atoms with Crippen LogP contribution in [0.5, 0.6) is 0 Å². The van der Waals surface area contributed by atoms with Gasteiger partial charge in [-0.2, -0.15) is 0 Å². The minimum Gasteiger partial charge on any atom is -0.380 e. The van der Waals surface area contributed by atoms with Crippen molar-refractivity contribution < 1.29 is 4.74 Å². The van der Waals surface area contributed by atoms with Gasteiger partial charge in [-0.05, 0) is 18.6 Å². The van der Waals surface area contributed by atoms with Crippen LogP contribution in [0.1, 0.15) is 12.1 Å². The predicted octanol–water partition coefficient (Wildman–Crippen LogP) is 2.05. The van der Waals surface area contributed by atoms with Gasteiger partial charge in [0, 0.05) is 32.1 Å². The van der Waals surface area contributed by atoms with E-state index in [1.54, 1.807) is 7.11 Å². The number of alkyl halides is 1. The molecule has 1 aromatic rings. The van der Waals surface area contributed by atoms with Crippen molar-refractivity contribution in [2.24, 2.45) is 0 Å². The van der Waals surface area contributed by atoms with Crippen LogP contribution in [0.3, 0.4) is 0 Å². The van der Waals surface area contributed by atoms with E-state index in [0.717, 1.165) is 25.2 Å². The number of halogens is 1. The molecule has 0 amide bonds. The lowest BCUT2D eigenvalue weighted by Crippen LogP contribution is -2.22. The lowest BCUT2D eigenvalue weighted by molar-refractivity contribution is 0.121. The molecule has 0 saturated carbocycles. The van der Waals surface area contributed by atoms with Crippen molar-refractivity contribution in [1.29, 1.82) is 0 Å². The number of nitrogens with zero attached hydrogens (tertiary/aromatic N) is 2. The van der Waals surface area contributed by atoms with Crippen molar-refractivity contribution in [3.05, 3.63) is 24.0 Å². The average Bonchev–Trinajstić information content (AvgIpc) is 2.78. The summed E-state index contributed by atoms with van der Waals surface area (Å²) in [6.45, 7) is 2.01. The third-order valence-corrected chi connectivity index (χ3v) is 3.05. The second-order valence-electron chi connectivity index (χ2n) is 3.73. The molecule has 1 fully saturated rings. The van der Waals surface area contributed by atoms with Crippen LogP contribution in [0.25, 0.3) is 0 Å². The molecule has 1 atom stereocenters. The normalized spacial score (nSPS) is 20.9. The van der Waals surface area contributed by atoms with Crippen LogP contribution < -0.4 is 4.90 Å². The second kappa shape index (κ2) is 4.81. The van der Waals surface area contributed by atoms with Crippen LogP contribution in [0.4, 0.5) is 5.69 Å². The first kappa shape index (κ1) is 10.7. The Labute approximate surface area is 95.0 Å². The topological polar surface area (TPSA) is 25.4 Å². The average molecular weight is 227 g/mol. The van der Waals surface area contributed by atoms with Gasteiger partial charge in [0.05, 0.1) is 17.7 Å². The van der Waals surface area contributed by atoms with E-state index >= 15 is 0 Å². The highest BCUT2D eigenvalue weighted by atomic mass is 35.5. The Morgan fingerprint density at radius 1 is 1.67 bits per heavy atom. The molecular formula is C11H15ClN2O. The van der Waals surface area contributed by atoms with Crippen molar-refractivity contribution in [3.63, 3.8) is 0 Å². The zero-order valence-electron chi connectivity index (χ0n) is 8.82. The largest absolute Gasteiger partial charge is 0.380 e.